The summed E-state index contributed by atoms with van der Waals surface area (Å²) >= 11 is 4.67. The van der Waals surface area contributed by atoms with Gasteiger partial charge in [0.25, 0.3) is 0 Å². The summed E-state index contributed by atoms with van der Waals surface area (Å²) in [6.45, 7) is 4.49. The molecule has 0 heterocycles. The van der Waals surface area contributed by atoms with Gasteiger partial charge in [-0.15, -0.1) is 0 Å². The second-order valence-electron chi connectivity index (χ2n) is 3.40. The first-order valence-corrected chi connectivity index (χ1v) is 5.08. The Hall–Kier alpha value is -0.680. The quantitative estimate of drug-likeness (QED) is 0.629. The summed E-state index contributed by atoms with van der Waals surface area (Å²) in [6.07, 6.45) is 0.695. The van der Waals surface area contributed by atoms with Crippen molar-refractivity contribution in [2.45, 2.75) is 32.7 Å². The number of aliphatic hydroxyl groups excluding tert-OH is 1. The van der Waals surface area contributed by atoms with Crippen molar-refractivity contribution >= 4 is 23.1 Å². The molecule has 0 unspecified atom stereocenters. The Balaban J connectivity index is 4.18. The van der Waals surface area contributed by atoms with Crippen molar-refractivity contribution in [1.82, 2.24) is 4.90 Å². The zero-order chi connectivity index (χ0) is 11.1. The lowest BCUT2D eigenvalue weighted by Gasteiger charge is -2.26. The molecule has 0 aromatic heterocycles. The van der Waals surface area contributed by atoms with Crippen LogP contribution in [0.3, 0.4) is 0 Å². The fourth-order valence-electron chi connectivity index (χ4n) is 1.16. The highest BCUT2D eigenvalue weighted by molar-refractivity contribution is 7.80. The molecule has 0 bridgehead atoms. The number of hydrogen-bond acceptors (Lipinski definition) is 3. The van der Waals surface area contributed by atoms with Gasteiger partial charge in [0.2, 0.25) is 5.91 Å². The summed E-state index contributed by atoms with van der Waals surface area (Å²) < 4.78 is 0. The van der Waals surface area contributed by atoms with E-state index in [-0.39, 0.29) is 30.0 Å². The lowest BCUT2D eigenvalue weighted by molar-refractivity contribution is -0.131. The van der Waals surface area contributed by atoms with Crippen LogP contribution in [0.4, 0.5) is 0 Å². The molecule has 0 rings (SSSR count). The van der Waals surface area contributed by atoms with Crippen LogP contribution in [-0.2, 0) is 4.79 Å². The minimum Gasteiger partial charge on any atom is -0.396 e. The molecule has 0 aromatic carbocycles. The van der Waals surface area contributed by atoms with Crippen molar-refractivity contribution in [3.05, 3.63) is 0 Å². The zero-order valence-electron chi connectivity index (χ0n) is 8.69. The first-order valence-electron chi connectivity index (χ1n) is 4.67. The molecule has 0 atom stereocenters. The number of rotatable bonds is 6. The average Bonchev–Trinajstić information content (AvgIpc) is 2.02. The standard InChI is InChI=1S/C9H18N2O2S/c1-7(2)11(4-3-5-12)9(13)6-8(10)14/h7,12H,3-6H2,1-2H3,(H2,10,14). The van der Waals surface area contributed by atoms with E-state index in [1.54, 1.807) is 4.90 Å². The maximum absolute atomic E-state index is 11.6. The molecule has 14 heavy (non-hydrogen) atoms. The van der Waals surface area contributed by atoms with Crippen LogP contribution in [0.2, 0.25) is 0 Å². The molecular formula is C9H18N2O2S. The Morgan fingerprint density at radius 3 is 2.50 bits per heavy atom. The van der Waals surface area contributed by atoms with Crippen LogP contribution in [0.5, 0.6) is 0 Å². The van der Waals surface area contributed by atoms with Gasteiger partial charge in [0.05, 0.1) is 11.4 Å². The summed E-state index contributed by atoms with van der Waals surface area (Å²) in [7, 11) is 0. The summed E-state index contributed by atoms with van der Waals surface area (Å²) in [5.41, 5.74) is 5.29. The molecule has 0 fully saturated rings. The number of nitrogens with two attached hydrogens (primary N) is 1. The third-order valence-electron chi connectivity index (χ3n) is 1.83. The molecule has 5 heteroatoms. The molecule has 0 aromatic rings. The predicted molar refractivity (Wildman–Crippen MR) is 60.0 cm³/mol. The number of thiocarbonyl (C=S) groups is 1. The van der Waals surface area contributed by atoms with Crippen molar-refractivity contribution in [3.8, 4) is 0 Å². The van der Waals surface area contributed by atoms with E-state index in [4.69, 9.17) is 10.8 Å². The fraction of sp³-hybridized carbons (Fsp3) is 0.778. The number of aliphatic hydroxyl groups is 1. The van der Waals surface area contributed by atoms with E-state index in [0.29, 0.717) is 13.0 Å². The van der Waals surface area contributed by atoms with Gasteiger partial charge in [-0.3, -0.25) is 4.79 Å². The Morgan fingerprint density at radius 1 is 1.57 bits per heavy atom. The van der Waals surface area contributed by atoms with Gasteiger partial charge in [0.1, 0.15) is 0 Å². The molecule has 0 aliphatic rings. The van der Waals surface area contributed by atoms with Crippen molar-refractivity contribution in [3.63, 3.8) is 0 Å². The first kappa shape index (κ1) is 13.3. The van der Waals surface area contributed by atoms with Crippen LogP contribution < -0.4 is 5.73 Å². The lowest BCUT2D eigenvalue weighted by Crippen LogP contribution is -2.39. The number of carbonyl (C=O) groups is 1. The Labute approximate surface area is 90.1 Å². The molecule has 0 aliphatic heterocycles. The Morgan fingerprint density at radius 2 is 2.14 bits per heavy atom. The van der Waals surface area contributed by atoms with E-state index < -0.39 is 0 Å². The SMILES string of the molecule is CC(C)N(CCCO)C(=O)CC(N)=S. The number of carbonyl (C=O) groups excluding carboxylic acids is 1. The topological polar surface area (TPSA) is 66.6 Å². The molecule has 4 nitrogen and oxygen atoms in total. The minimum atomic E-state index is -0.0686. The third-order valence-corrected chi connectivity index (χ3v) is 1.97. The first-order chi connectivity index (χ1) is 6.49. The second-order valence-corrected chi connectivity index (χ2v) is 3.93. The van der Waals surface area contributed by atoms with Gasteiger partial charge in [-0.2, -0.15) is 0 Å². The molecule has 0 saturated carbocycles. The van der Waals surface area contributed by atoms with Crippen molar-refractivity contribution in [1.29, 1.82) is 0 Å². The van der Waals surface area contributed by atoms with E-state index >= 15 is 0 Å². The van der Waals surface area contributed by atoms with Crippen LogP contribution in [0, 0.1) is 0 Å². The van der Waals surface area contributed by atoms with Gasteiger partial charge >= 0.3 is 0 Å². The van der Waals surface area contributed by atoms with Crippen LogP contribution in [0.1, 0.15) is 26.7 Å². The van der Waals surface area contributed by atoms with E-state index in [0.717, 1.165) is 0 Å². The van der Waals surface area contributed by atoms with Gasteiger partial charge in [0.15, 0.2) is 0 Å². The van der Waals surface area contributed by atoms with Crippen LogP contribution in [-0.4, -0.2) is 40.1 Å². The molecule has 82 valence electrons. The largest absolute Gasteiger partial charge is 0.396 e. The second kappa shape index (κ2) is 6.73. The highest BCUT2D eigenvalue weighted by atomic mass is 32.1. The summed E-state index contributed by atoms with van der Waals surface area (Å²) in [5, 5.41) is 8.67. The van der Waals surface area contributed by atoms with Crippen molar-refractivity contribution in [2.75, 3.05) is 13.2 Å². The predicted octanol–water partition coefficient (Wildman–Crippen LogP) is 0.282. The third kappa shape index (κ3) is 5.14. The van der Waals surface area contributed by atoms with E-state index in [9.17, 15) is 4.79 Å². The van der Waals surface area contributed by atoms with Crippen LogP contribution >= 0.6 is 12.2 Å². The summed E-state index contributed by atoms with van der Waals surface area (Å²) in [4.78, 5) is 13.5. The highest BCUT2D eigenvalue weighted by Gasteiger charge is 2.16. The van der Waals surface area contributed by atoms with Crippen molar-refractivity contribution < 1.29 is 9.90 Å². The molecule has 0 saturated heterocycles. The average molecular weight is 218 g/mol. The van der Waals surface area contributed by atoms with Gasteiger partial charge in [-0.05, 0) is 20.3 Å². The number of nitrogens with zero attached hydrogens (tertiary/aromatic N) is 1. The fourth-order valence-corrected chi connectivity index (χ4v) is 1.29. The Bertz CT molecular complexity index is 207. The smallest absolute Gasteiger partial charge is 0.229 e. The number of amides is 1. The summed E-state index contributed by atoms with van der Waals surface area (Å²) in [6, 6.07) is 0.114. The van der Waals surface area contributed by atoms with E-state index in [2.05, 4.69) is 12.2 Å². The highest BCUT2D eigenvalue weighted by Crippen LogP contribution is 2.03. The van der Waals surface area contributed by atoms with Crippen LogP contribution in [0.15, 0.2) is 0 Å². The lowest BCUT2D eigenvalue weighted by atomic mass is 10.2. The number of hydrogen-bond donors (Lipinski definition) is 2. The Kier molecular flexibility index (Phi) is 6.40. The minimum absolute atomic E-state index is 0.0686. The zero-order valence-corrected chi connectivity index (χ0v) is 9.51. The maximum Gasteiger partial charge on any atom is 0.229 e. The molecule has 0 aliphatic carbocycles. The van der Waals surface area contributed by atoms with Crippen LogP contribution in [0.25, 0.3) is 0 Å². The van der Waals surface area contributed by atoms with Gasteiger partial charge in [-0.25, -0.2) is 0 Å². The van der Waals surface area contributed by atoms with Crippen molar-refractivity contribution in [2.24, 2.45) is 5.73 Å². The summed E-state index contributed by atoms with van der Waals surface area (Å²) in [5.74, 6) is -0.0686. The van der Waals surface area contributed by atoms with E-state index in [1.807, 2.05) is 13.8 Å². The monoisotopic (exact) mass is 218 g/mol. The molecule has 0 radical (unpaired) electrons. The molecule has 3 N–H and O–H groups in total. The molecule has 1 amide bonds. The molecule has 0 spiro atoms. The maximum atomic E-state index is 11.6. The molecular weight excluding hydrogens is 200 g/mol. The van der Waals surface area contributed by atoms with Gasteiger partial charge in [0, 0.05) is 19.2 Å². The van der Waals surface area contributed by atoms with E-state index in [1.165, 1.54) is 0 Å². The van der Waals surface area contributed by atoms with Gasteiger partial charge < -0.3 is 15.7 Å². The normalized spacial score (nSPS) is 10.3. The van der Waals surface area contributed by atoms with Gasteiger partial charge in [-0.1, -0.05) is 12.2 Å².